The Morgan fingerprint density at radius 3 is 2.54 bits per heavy atom. The summed E-state index contributed by atoms with van der Waals surface area (Å²) in [5.74, 6) is 0.192. The number of halogens is 2. The first kappa shape index (κ1) is 20.5. The van der Waals surface area contributed by atoms with Gasteiger partial charge < -0.3 is 4.74 Å². The van der Waals surface area contributed by atoms with Gasteiger partial charge in [-0.1, -0.05) is 6.58 Å². The summed E-state index contributed by atoms with van der Waals surface area (Å²) in [5.41, 5.74) is -0.794. The molecular formula is C18H24BrFN4O2. The van der Waals surface area contributed by atoms with Crippen LogP contribution in [0.5, 0.6) is 0 Å². The van der Waals surface area contributed by atoms with Gasteiger partial charge in [0, 0.05) is 36.3 Å². The van der Waals surface area contributed by atoms with Crippen molar-refractivity contribution in [3.63, 3.8) is 0 Å². The number of hydrogen-bond donors (Lipinski definition) is 0. The maximum absolute atomic E-state index is 13.7. The van der Waals surface area contributed by atoms with Crippen LogP contribution in [0.15, 0.2) is 34.1 Å². The van der Waals surface area contributed by atoms with E-state index in [-0.39, 0.29) is 25.3 Å². The molecule has 0 atom stereocenters. The predicted octanol–water partition coefficient (Wildman–Crippen LogP) is 4.70. The molecule has 1 heterocycles. The third-order valence-corrected chi connectivity index (χ3v) is 4.45. The van der Waals surface area contributed by atoms with Gasteiger partial charge in [-0.3, -0.25) is 4.99 Å². The number of aromatic nitrogens is 2. The summed E-state index contributed by atoms with van der Waals surface area (Å²) in [6, 6.07) is 0. The first-order valence-electron chi connectivity index (χ1n) is 8.36. The minimum atomic E-state index is -0.940. The van der Waals surface area contributed by atoms with Gasteiger partial charge in [0.2, 0.25) is 5.95 Å². The second-order valence-electron chi connectivity index (χ2n) is 7.39. The molecule has 0 saturated heterocycles. The first-order chi connectivity index (χ1) is 12.1. The van der Waals surface area contributed by atoms with Crippen LogP contribution in [0.25, 0.3) is 0 Å². The fourth-order valence-electron chi connectivity index (χ4n) is 2.82. The zero-order chi connectivity index (χ0) is 19.5. The number of alkyl halides is 1. The summed E-state index contributed by atoms with van der Waals surface area (Å²) in [4.78, 5) is 26.7. The van der Waals surface area contributed by atoms with Crippen molar-refractivity contribution < 1.29 is 13.9 Å². The molecule has 2 rings (SSSR count). The zero-order valence-electron chi connectivity index (χ0n) is 15.5. The molecule has 1 aromatic rings. The van der Waals surface area contributed by atoms with Crippen LogP contribution in [-0.4, -0.2) is 40.6 Å². The number of carbonyl (C=O) groups is 1. The van der Waals surface area contributed by atoms with Crippen molar-refractivity contribution in [2.45, 2.75) is 52.3 Å². The lowest BCUT2D eigenvalue weighted by molar-refractivity contribution is 0.0422. The monoisotopic (exact) mass is 426 g/mol. The topological polar surface area (TPSA) is 67.7 Å². The minimum absolute atomic E-state index is 0.153. The van der Waals surface area contributed by atoms with Gasteiger partial charge >= 0.3 is 6.09 Å². The van der Waals surface area contributed by atoms with E-state index in [1.54, 1.807) is 46.3 Å². The van der Waals surface area contributed by atoms with E-state index in [0.717, 1.165) is 0 Å². The number of hydrogen-bond acceptors (Lipinski definition) is 5. The summed E-state index contributed by atoms with van der Waals surface area (Å²) in [6.45, 7) is 11.2. The van der Waals surface area contributed by atoms with E-state index in [2.05, 4.69) is 37.5 Å². The van der Waals surface area contributed by atoms with Gasteiger partial charge in [0.1, 0.15) is 11.8 Å². The van der Waals surface area contributed by atoms with Crippen LogP contribution < -0.4 is 4.90 Å². The standard InChI is InChI=1S/C18H24BrFN4O2/c1-6-21-12(2)18(7-14(20)8-18)11-24(16(25)26-17(3,4)5)15-22-9-13(19)10-23-15/h6,9-10,14H,2,7-8,11H2,1,3-5H3/b21-6-/t14-,18-. The lowest BCUT2D eigenvalue weighted by atomic mass is 9.65. The van der Waals surface area contributed by atoms with E-state index in [1.165, 1.54) is 4.90 Å². The van der Waals surface area contributed by atoms with Crippen LogP contribution in [0.2, 0.25) is 0 Å². The van der Waals surface area contributed by atoms with Crippen molar-refractivity contribution in [1.29, 1.82) is 0 Å². The number of anilines is 1. The summed E-state index contributed by atoms with van der Waals surface area (Å²) in [7, 11) is 0. The highest BCUT2D eigenvalue weighted by molar-refractivity contribution is 9.10. The molecule has 0 aromatic carbocycles. The van der Waals surface area contributed by atoms with Crippen molar-refractivity contribution in [1.82, 2.24) is 9.97 Å². The molecule has 8 heteroatoms. The van der Waals surface area contributed by atoms with E-state index in [4.69, 9.17) is 4.74 Å². The summed E-state index contributed by atoms with van der Waals surface area (Å²) in [6.07, 6.45) is 3.68. The first-order valence-corrected chi connectivity index (χ1v) is 9.16. The lowest BCUT2D eigenvalue weighted by Gasteiger charge is -2.46. The Bertz CT molecular complexity index is 694. The van der Waals surface area contributed by atoms with E-state index in [1.807, 2.05) is 0 Å². The number of amides is 1. The molecule has 1 aliphatic carbocycles. The molecule has 0 radical (unpaired) electrons. The number of rotatable bonds is 5. The second kappa shape index (κ2) is 7.82. The molecule has 1 saturated carbocycles. The maximum Gasteiger partial charge on any atom is 0.417 e. The highest BCUT2D eigenvalue weighted by Gasteiger charge is 2.49. The van der Waals surface area contributed by atoms with Gasteiger partial charge in [-0.05, 0) is 56.5 Å². The average molecular weight is 427 g/mol. The van der Waals surface area contributed by atoms with Crippen molar-refractivity contribution in [2.24, 2.45) is 10.4 Å². The molecule has 0 spiro atoms. The molecule has 0 bridgehead atoms. The van der Waals surface area contributed by atoms with E-state index in [9.17, 15) is 9.18 Å². The molecule has 1 aliphatic rings. The van der Waals surface area contributed by atoms with Crippen LogP contribution in [-0.2, 0) is 4.74 Å². The maximum atomic E-state index is 13.7. The summed E-state index contributed by atoms with van der Waals surface area (Å²) < 4.78 is 19.9. The minimum Gasteiger partial charge on any atom is -0.443 e. The molecule has 0 aliphatic heterocycles. The van der Waals surface area contributed by atoms with Crippen LogP contribution in [0.1, 0.15) is 40.5 Å². The third kappa shape index (κ3) is 4.87. The summed E-state index contributed by atoms with van der Waals surface area (Å²) >= 11 is 3.28. The Morgan fingerprint density at radius 1 is 1.50 bits per heavy atom. The molecule has 26 heavy (non-hydrogen) atoms. The fourth-order valence-corrected chi connectivity index (χ4v) is 3.02. The fraction of sp³-hybridized carbons (Fsp3) is 0.556. The van der Waals surface area contributed by atoms with Crippen LogP contribution in [0.4, 0.5) is 15.1 Å². The molecule has 1 amide bonds. The summed E-state index contributed by atoms with van der Waals surface area (Å²) in [5, 5.41) is 0. The Kier molecular flexibility index (Phi) is 6.16. The second-order valence-corrected chi connectivity index (χ2v) is 8.30. The van der Waals surface area contributed by atoms with Gasteiger partial charge in [0.15, 0.2) is 0 Å². The highest BCUT2D eigenvalue weighted by Crippen LogP contribution is 2.49. The van der Waals surface area contributed by atoms with Crippen molar-refractivity contribution >= 4 is 34.2 Å². The SMILES string of the molecule is C=C(/N=C\C)[C@]1(CN(C(=O)OC(C)(C)C)c2ncc(Br)cn2)C[C@@H](F)C1. The van der Waals surface area contributed by atoms with Gasteiger partial charge in [-0.15, -0.1) is 0 Å². The molecule has 1 aromatic heterocycles. The number of ether oxygens (including phenoxy) is 1. The largest absolute Gasteiger partial charge is 0.443 e. The molecule has 142 valence electrons. The van der Waals surface area contributed by atoms with Crippen molar-refractivity contribution in [3.05, 3.63) is 29.1 Å². The van der Waals surface area contributed by atoms with Gasteiger partial charge in [0.05, 0.1) is 4.47 Å². The Balaban J connectivity index is 2.35. The highest BCUT2D eigenvalue weighted by atomic mass is 79.9. The Morgan fingerprint density at radius 2 is 2.08 bits per heavy atom. The molecule has 0 N–H and O–H groups in total. The number of carbonyl (C=O) groups excluding carboxylic acids is 1. The van der Waals surface area contributed by atoms with Crippen molar-refractivity contribution in [3.8, 4) is 0 Å². The Labute approximate surface area is 161 Å². The molecule has 6 nitrogen and oxygen atoms in total. The Hall–Kier alpha value is -1.83. The molecular weight excluding hydrogens is 403 g/mol. The zero-order valence-corrected chi connectivity index (χ0v) is 17.1. The predicted molar refractivity (Wildman–Crippen MR) is 103 cm³/mol. The number of nitrogens with zero attached hydrogens (tertiary/aromatic N) is 4. The lowest BCUT2D eigenvalue weighted by Crippen LogP contribution is -2.51. The van der Waals surface area contributed by atoms with Gasteiger partial charge in [-0.25, -0.2) is 24.1 Å². The van der Waals surface area contributed by atoms with Crippen LogP contribution in [0.3, 0.4) is 0 Å². The molecule has 0 unspecified atom stereocenters. The number of aliphatic imine (C=N–C) groups is 1. The van der Waals surface area contributed by atoms with E-state index in [0.29, 0.717) is 10.2 Å². The van der Waals surface area contributed by atoms with Gasteiger partial charge in [-0.2, -0.15) is 0 Å². The van der Waals surface area contributed by atoms with Crippen LogP contribution in [0, 0.1) is 5.41 Å². The van der Waals surface area contributed by atoms with Crippen molar-refractivity contribution in [2.75, 3.05) is 11.4 Å². The van der Waals surface area contributed by atoms with Crippen LogP contribution >= 0.6 is 15.9 Å². The van der Waals surface area contributed by atoms with E-state index >= 15 is 0 Å². The third-order valence-electron chi connectivity index (χ3n) is 4.04. The van der Waals surface area contributed by atoms with E-state index < -0.39 is 23.3 Å². The normalized spacial score (nSPS) is 22.8. The smallest absolute Gasteiger partial charge is 0.417 e. The molecule has 1 fully saturated rings. The van der Waals surface area contributed by atoms with Gasteiger partial charge in [0.25, 0.3) is 0 Å². The quantitative estimate of drug-likeness (QED) is 0.639. The average Bonchev–Trinajstić information content (AvgIpc) is 2.49.